The van der Waals surface area contributed by atoms with Gasteiger partial charge in [-0.05, 0) is 31.0 Å². The van der Waals surface area contributed by atoms with Gasteiger partial charge in [-0.25, -0.2) is 0 Å². The number of nitrogens with zero attached hydrogens (tertiary/aromatic N) is 2. The number of carboxylic acid groups (broad SMARTS) is 1. The van der Waals surface area contributed by atoms with Crippen molar-refractivity contribution in [1.82, 2.24) is 0 Å². The van der Waals surface area contributed by atoms with Gasteiger partial charge in [-0.15, -0.1) is 11.6 Å². The zero-order chi connectivity index (χ0) is 16.8. The monoisotopic (exact) mass is 341 g/mol. The SMILES string of the molecule is CN1c2ccc(N(CCO)CCCl)cc2NC1CCCC(=O)O. The van der Waals surface area contributed by atoms with Crippen LogP contribution in [0, 0.1) is 0 Å². The molecule has 3 N–H and O–H groups in total. The molecule has 7 heteroatoms. The normalized spacial score (nSPS) is 16.1. The number of rotatable bonds is 9. The van der Waals surface area contributed by atoms with Crippen molar-refractivity contribution in [2.45, 2.75) is 25.4 Å². The van der Waals surface area contributed by atoms with E-state index in [9.17, 15) is 9.90 Å². The first kappa shape index (κ1) is 17.7. The lowest BCUT2D eigenvalue weighted by molar-refractivity contribution is -0.137. The van der Waals surface area contributed by atoms with E-state index in [1.165, 1.54) is 0 Å². The lowest BCUT2D eigenvalue weighted by atomic mass is 10.2. The Balaban J connectivity index is 2.06. The summed E-state index contributed by atoms with van der Waals surface area (Å²) in [4.78, 5) is 14.8. The summed E-state index contributed by atoms with van der Waals surface area (Å²) in [6.07, 6.45) is 1.71. The van der Waals surface area contributed by atoms with E-state index >= 15 is 0 Å². The smallest absolute Gasteiger partial charge is 0.303 e. The van der Waals surface area contributed by atoms with Crippen LogP contribution >= 0.6 is 11.6 Å². The van der Waals surface area contributed by atoms with Crippen molar-refractivity contribution in [2.24, 2.45) is 0 Å². The van der Waals surface area contributed by atoms with Crippen molar-refractivity contribution in [1.29, 1.82) is 0 Å². The highest BCUT2D eigenvalue weighted by Gasteiger charge is 2.26. The van der Waals surface area contributed by atoms with E-state index in [0.717, 1.165) is 23.5 Å². The van der Waals surface area contributed by atoms with Crippen molar-refractivity contribution >= 4 is 34.6 Å². The third-order valence-corrected chi connectivity index (χ3v) is 4.28. The maximum Gasteiger partial charge on any atom is 0.303 e. The van der Waals surface area contributed by atoms with Crippen LogP contribution in [0.5, 0.6) is 0 Å². The molecule has 0 fully saturated rings. The molecule has 0 radical (unpaired) electrons. The maximum atomic E-state index is 10.6. The minimum absolute atomic E-state index is 0.0825. The average Bonchev–Trinajstić information content (AvgIpc) is 2.83. The van der Waals surface area contributed by atoms with Crippen molar-refractivity contribution in [3.8, 4) is 0 Å². The van der Waals surface area contributed by atoms with Gasteiger partial charge < -0.3 is 25.3 Å². The summed E-state index contributed by atoms with van der Waals surface area (Å²) in [6, 6.07) is 6.14. The minimum Gasteiger partial charge on any atom is -0.481 e. The van der Waals surface area contributed by atoms with Gasteiger partial charge in [0.2, 0.25) is 0 Å². The number of carbonyl (C=O) groups is 1. The molecule has 1 heterocycles. The molecule has 0 aliphatic carbocycles. The molecule has 0 spiro atoms. The number of halogens is 1. The van der Waals surface area contributed by atoms with E-state index < -0.39 is 5.97 Å². The molecule has 0 saturated heterocycles. The first-order valence-electron chi connectivity index (χ1n) is 7.83. The van der Waals surface area contributed by atoms with Crippen LogP contribution in [0.2, 0.25) is 0 Å². The molecule has 0 aromatic heterocycles. The highest BCUT2D eigenvalue weighted by molar-refractivity contribution is 6.18. The van der Waals surface area contributed by atoms with Crippen LogP contribution in [0.25, 0.3) is 0 Å². The Hall–Kier alpha value is -1.66. The number of aliphatic carboxylic acids is 1. The van der Waals surface area contributed by atoms with Gasteiger partial charge in [0.1, 0.15) is 0 Å². The third kappa shape index (κ3) is 4.42. The van der Waals surface area contributed by atoms with Crippen molar-refractivity contribution < 1.29 is 15.0 Å². The summed E-state index contributed by atoms with van der Waals surface area (Å²) in [5, 5.41) is 21.4. The van der Waals surface area contributed by atoms with Crippen molar-refractivity contribution in [3.63, 3.8) is 0 Å². The Morgan fingerprint density at radius 1 is 1.43 bits per heavy atom. The topological polar surface area (TPSA) is 76.0 Å². The molecular weight excluding hydrogens is 318 g/mol. The van der Waals surface area contributed by atoms with E-state index in [1.54, 1.807) is 0 Å². The molecule has 1 aromatic carbocycles. The van der Waals surface area contributed by atoms with Crippen LogP contribution in [0.3, 0.4) is 0 Å². The predicted octanol–water partition coefficient (Wildman–Crippen LogP) is 2.17. The number of benzene rings is 1. The molecule has 0 saturated carbocycles. The molecule has 1 aromatic rings. The molecular formula is C16H24ClN3O3. The van der Waals surface area contributed by atoms with E-state index in [0.29, 0.717) is 25.4 Å². The van der Waals surface area contributed by atoms with Gasteiger partial charge in [-0.3, -0.25) is 4.79 Å². The number of fused-ring (bicyclic) bond motifs is 1. The predicted molar refractivity (Wildman–Crippen MR) is 93.8 cm³/mol. The summed E-state index contributed by atoms with van der Waals surface area (Å²) < 4.78 is 0. The third-order valence-electron chi connectivity index (χ3n) is 4.11. The van der Waals surface area contributed by atoms with E-state index in [-0.39, 0.29) is 19.2 Å². The summed E-state index contributed by atoms with van der Waals surface area (Å²) in [7, 11) is 2.01. The van der Waals surface area contributed by atoms with Crippen LogP contribution in [0.4, 0.5) is 17.1 Å². The summed E-state index contributed by atoms with van der Waals surface area (Å²) >= 11 is 5.83. The summed E-state index contributed by atoms with van der Waals surface area (Å²) in [5.41, 5.74) is 3.15. The fourth-order valence-corrected chi connectivity index (χ4v) is 3.10. The number of hydrogen-bond acceptors (Lipinski definition) is 5. The first-order valence-corrected chi connectivity index (χ1v) is 8.37. The molecule has 0 amide bonds. The van der Waals surface area contributed by atoms with Crippen LogP contribution in [0.15, 0.2) is 18.2 Å². The van der Waals surface area contributed by atoms with Crippen LogP contribution in [-0.2, 0) is 4.79 Å². The lowest BCUT2D eigenvalue weighted by Crippen LogP contribution is -2.32. The molecule has 1 unspecified atom stereocenters. The zero-order valence-corrected chi connectivity index (χ0v) is 14.1. The fraction of sp³-hybridized carbons (Fsp3) is 0.562. The molecule has 1 aliphatic rings. The second-order valence-electron chi connectivity index (χ2n) is 5.66. The number of aliphatic hydroxyl groups excluding tert-OH is 1. The number of anilines is 3. The van der Waals surface area contributed by atoms with E-state index in [2.05, 4.69) is 16.3 Å². The number of aliphatic hydroxyl groups is 1. The molecule has 128 valence electrons. The number of nitrogens with one attached hydrogen (secondary N) is 1. The quantitative estimate of drug-likeness (QED) is 0.598. The Morgan fingerprint density at radius 3 is 2.87 bits per heavy atom. The Labute approximate surface area is 141 Å². The summed E-state index contributed by atoms with van der Waals surface area (Å²) in [6.45, 7) is 1.31. The van der Waals surface area contributed by atoms with Gasteiger partial charge in [0.15, 0.2) is 0 Å². The van der Waals surface area contributed by atoms with Crippen molar-refractivity contribution in [3.05, 3.63) is 18.2 Å². The van der Waals surface area contributed by atoms with E-state index in [1.807, 2.05) is 24.1 Å². The van der Waals surface area contributed by atoms with Gasteiger partial charge >= 0.3 is 5.97 Å². The molecule has 1 atom stereocenters. The average molecular weight is 342 g/mol. The van der Waals surface area contributed by atoms with Gasteiger partial charge in [0.25, 0.3) is 0 Å². The standard InChI is InChI=1S/C16H24ClN3O3/c1-19-14-6-5-12(20(8-7-17)9-10-21)11-13(14)18-15(19)3-2-4-16(22)23/h5-6,11,15,18,21H,2-4,7-10H2,1H3,(H,22,23). The van der Waals surface area contributed by atoms with Crippen LogP contribution in [0.1, 0.15) is 19.3 Å². The summed E-state index contributed by atoms with van der Waals surface area (Å²) in [5.74, 6) is -0.256. The zero-order valence-electron chi connectivity index (χ0n) is 13.3. The van der Waals surface area contributed by atoms with E-state index in [4.69, 9.17) is 16.7 Å². The van der Waals surface area contributed by atoms with Gasteiger partial charge in [-0.1, -0.05) is 0 Å². The fourth-order valence-electron chi connectivity index (χ4n) is 2.89. The number of alkyl halides is 1. The first-order chi connectivity index (χ1) is 11.1. The van der Waals surface area contributed by atoms with Crippen molar-refractivity contribution in [2.75, 3.05) is 47.7 Å². The van der Waals surface area contributed by atoms with Gasteiger partial charge in [0.05, 0.1) is 24.1 Å². The molecule has 1 aliphatic heterocycles. The van der Waals surface area contributed by atoms with Crippen LogP contribution in [-0.4, -0.2) is 55.0 Å². The lowest BCUT2D eigenvalue weighted by Gasteiger charge is -2.23. The second-order valence-corrected chi connectivity index (χ2v) is 6.04. The minimum atomic E-state index is -0.758. The second kappa shape index (κ2) is 8.26. The highest BCUT2D eigenvalue weighted by atomic mass is 35.5. The maximum absolute atomic E-state index is 10.6. The molecule has 23 heavy (non-hydrogen) atoms. The Bertz CT molecular complexity index is 535. The molecule has 0 bridgehead atoms. The van der Waals surface area contributed by atoms with Gasteiger partial charge in [-0.2, -0.15) is 0 Å². The number of hydrogen-bond donors (Lipinski definition) is 3. The Morgan fingerprint density at radius 2 is 2.22 bits per heavy atom. The molecule has 2 rings (SSSR count). The molecule has 6 nitrogen and oxygen atoms in total. The largest absolute Gasteiger partial charge is 0.481 e. The highest BCUT2D eigenvalue weighted by Crippen LogP contribution is 2.37. The van der Waals surface area contributed by atoms with Crippen LogP contribution < -0.4 is 15.1 Å². The Kier molecular flexibility index (Phi) is 6.36. The number of carboxylic acids is 1. The van der Waals surface area contributed by atoms with Gasteiger partial charge in [0, 0.05) is 38.1 Å².